The molecular weight excluding hydrogens is 468 g/mol. The summed E-state index contributed by atoms with van der Waals surface area (Å²) >= 11 is 0. The summed E-state index contributed by atoms with van der Waals surface area (Å²) in [6.07, 6.45) is -5.77. The average molecular weight is 489 g/mol. The Kier molecular flexibility index (Phi) is 5.76. The first-order chi connectivity index (χ1) is 15.8. The Morgan fingerprint density at radius 2 is 1.94 bits per heavy atom. The van der Waals surface area contributed by atoms with Crippen molar-refractivity contribution in [1.29, 1.82) is 0 Å². The smallest absolute Gasteiger partial charge is 0.365 e. The number of urea groups is 1. The molecule has 184 valence electrons. The van der Waals surface area contributed by atoms with E-state index in [9.17, 15) is 35.9 Å². The number of nitrogens with zero attached hydrogens (tertiary/aromatic N) is 3. The normalized spacial score (nSPS) is 20.0. The van der Waals surface area contributed by atoms with E-state index in [1.165, 1.54) is 12.1 Å². The molecule has 1 atom stereocenters. The first-order valence-corrected chi connectivity index (χ1v) is 10.5. The molecule has 1 aromatic carbocycles. The molecule has 7 nitrogen and oxygen atoms in total. The highest BCUT2D eigenvalue weighted by molar-refractivity contribution is 6.00. The van der Waals surface area contributed by atoms with Gasteiger partial charge in [0.2, 0.25) is 0 Å². The number of nitrogens with two attached hydrogens (primary N) is 1. The van der Waals surface area contributed by atoms with Gasteiger partial charge < -0.3 is 16.0 Å². The van der Waals surface area contributed by atoms with Crippen molar-refractivity contribution in [3.8, 4) is 11.3 Å². The highest BCUT2D eigenvalue weighted by Gasteiger charge is 2.50. The summed E-state index contributed by atoms with van der Waals surface area (Å²) in [4.78, 5) is 25.7. The molecule has 13 heteroatoms. The van der Waals surface area contributed by atoms with Gasteiger partial charge in [-0.15, -0.1) is 0 Å². The van der Waals surface area contributed by atoms with Crippen molar-refractivity contribution >= 4 is 11.9 Å². The van der Waals surface area contributed by atoms with E-state index in [1.54, 1.807) is 6.92 Å². The number of carbonyl (C=O) groups is 2. The van der Waals surface area contributed by atoms with Gasteiger partial charge in [-0.05, 0) is 30.2 Å². The number of nitrogens with one attached hydrogen (secondary N) is 1. The van der Waals surface area contributed by atoms with Gasteiger partial charge in [0, 0.05) is 24.4 Å². The third-order valence-corrected chi connectivity index (χ3v) is 6.07. The zero-order chi connectivity index (χ0) is 25.0. The lowest BCUT2D eigenvalue weighted by molar-refractivity contribution is -0.177. The Balaban J connectivity index is 1.74. The monoisotopic (exact) mass is 489 g/mol. The molecule has 4 rings (SSSR count). The third kappa shape index (κ3) is 4.30. The van der Waals surface area contributed by atoms with Crippen LogP contribution in [-0.2, 0) is 13.0 Å². The van der Waals surface area contributed by atoms with E-state index < -0.39 is 67.9 Å². The third-order valence-electron chi connectivity index (χ3n) is 6.07. The van der Waals surface area contributed by atoms with Crippen molar-refractivity contribution in [2.24, 2.45) is 5.73 Å². The number of carbonyl (C=O) groups excluding carboxylic acids is 2. The molecule has 1 aliphatic carbocycles. The van der Waals surface area contributed by atoms with Crippen LogP contribution in [0.2, 0.25) is 0 Å². The number of primary amides is 1. The number of amides is 3. The SMILES string of the molecule is CCc1cc(-c2nn3c(c2C(N)=O)CN(C(=O)NC2CC(F)(F)C2)CC3C(F)(F)F)ccc1F. The maximum atomic E-state index is 14.0. The molecule has 1 aliphatic heterocycles. The Bertz CT molecular complexity index is 1140. The second-order valence-corrected chi connectivity index (χ2v) is 8.49. The predicted octanol–water partition coefficient (Wildman–Crippen LogP) is 3.78. The summed E-state index contributed by atoms with van der Waals surface area (Å²) in [5, 5.41) is 6.32. The fraction of sp³-hybridized carbons (Fsp3) is 0.476. The summed E-state index contributed by atoms with van der Waals surface area (Å²) in [5.41, 5.74) is 5.23. The van der Waals surface area contributed by atoms with Crippen LogP contribution >= 0.6 is 0 Å². The van der Waals surface area contributed by atoms with Crippen molar-refractivity contribution in [3.63, 3.8) is 0 Å². The van der Waals surface area contributed by atoms with Gasteiger partial charge in [0.25, 0.3) is 11.8 Å². The summed E-state index contributed by atoms with van der Waals surface area (Å²) in [6.45, 7) is 0.395. The number of fused-ring (bicyclic) bond motifs is 1. The number of aromatic nitrogens is 2. The molecule has 2 aliphatic rings. The maximum absolute atomic E-state index is 14.0. The van der Waals surface area contributed by atoms with Gasteiger partial charge in [-0.3, -0.25) is 9.48 Å². The number of hydrogen-bond donors (Lipinski definition) is 2. The lowest BCUT2D eigenvalue weighted by atomic mass is 9.88. The van der Waals surface area contributed by atoms with Gasteiger partial charge in [0.15, 0.2) is 6.04 Å². The summed E-state index contributed by atoms with van der Waals surface area (Å²) in [7, 11) is 0. The van der Waals surface area contributed by atoms with E-state index in [-0.39, 0.29) is 28.1 Å². The predicted molar refractivity (Wildman–Crippen MR) is 108 cm³/mol. The molecule has 1 aromatic heterocycles. The van der Waals surface area contributed by atoms with Crippen LogP contribution in [0.15, 0.2) is 18.2 Å². The van der Waals surface area contributed by atoms with E-state index in [0.29, 0.717) is 11.1 Å². The second-order valence-electron chi connectivity index (χ2n) is 8.49. The topological polar surface area (TPSA) is 93.2 Å². The standard InChI is InChI=1S/C21H21F6N5O2/c1-2-10-5-11(3-4-13(10)22)17-16(18(28)33)14-8-31(9-15(21(25,26)27)32(14)30-17)19(34)29-12-6-20(23,24)7-12/h3-5,12,15H,2,6-9H2,1H3,(H2,28,33)(H,29,34). The Morgan fingerprint density at radius 1 is 1.26 bits per heavy atom. The van der Waals surface area contributed by atoms with E-state index >= 15 is 0 Å². The maximum Gasteiger partial charge on any atom is 0.412 e. The molecule has 1 saturated carbocycles. The van der Waals surface area contributed by atoms with Gasteiger partial charge >= 0.3 is 12.2 Å². The van der Waals surface area contributed by atoms with Crippen LogP contribution in [0.4, 0.5) is 31.1 Å². The Labute approximate surface area is 189 Å². The van der Waals surface area contributed by atoms with E-state index in [0.717, 1.165) is 11.0 Å². The van der Waals surface area contributed by atoms with Crippen LogP contribution < -0.4 is 11.1 Å². The van der Waals surface area contributed by atoms with Gasteiger partial charge in [0.1, 0.15) is 11.5 Å². The molecule has 3 N–H and O–H groups in total. The molecule has 1 fully saturated rings. The number of rotatable bonds is 4. The number of aryl methyl sites for hydroxylation is 1. The van der Waals surface area contributed by atoms with Gasteiger partial charge in [-0.1, -0.05) is 6.92 Å². The fourth-order valence-electron chi connectivity index (χ4n) is 4.29. The first kappa shape index (κ1) is 23.9. The van der Waals surface area contributed by atoms with Crippen molar-refractivity contribution < 1.29 is 35.9 Å². The molecule has 2 aromatic rings. The highest BCUT2D eigenvalue weighted by atomic mass is 19.4. The van der Waals surface area contributed by atoms with Crippen LogP contribution in [-0.4, -0.2) is 51.3 Å². The molecule has 3 amide bonds. The van der Waals surface area contributed by atoms with Crippen LogP contribution in [0.1, 0.15) is 47.4 Å². The summed E-state index contributed by atoms with van der Waals surface area (Å²) in [5.74, 6) is -4.51. The minimum absolute atomic E-state index is 0.160. The van der Waals surface area contributed by atoms with Crippen LogP contribution in [0.5, 0.6) is 0 Å². The van der Waals surface area contributed by atoms with Crippen LogP contribution in [0.25, 0.3) is 11.3 Å². The summed E-state index contributed by atoms with van der Waals surface area (Å²) in [6, 6.07) is -0.361. The quantitative estimate of drug-likeness (QED) is 0.641. The number of alkyl halides is 5. The average Bonchev–Trinajstić information content (AvgIpc) is 3.10. The van der Waals surface area contributed by atoms with Crippen molar-refractivity contribution in [2.45, 2.75) is 56.9 Å². The number of benzene rings is 1. The lowest BCUT2D eigenvalue weighted by Crippen LogP contribution is -2.56. The molecule has 0 bridgehead atoms. The van der Waals surface area contributed by atoms with Crippen LogP contribution in [0, 0.1) is 5.82 Å². The van der Waals surface area contributed by atoms with Gasteiger partial charge in [0.05, 0.1) is 24.3 Å². The minimum atomic E-state index is -4.85. The summed E-state index contributed by atoms with van der Waals surface area (Å²) < 4.78 is 82.5. The Hall–Kier alpha value is -3.25. The highest BCUT2D eigenvalue weighted by Crippen LogP contribution is 2.40. The zero-order valence-electron chi connectivity index (χ0n) is 17.9. The molecule has 34 heavy (non-hydrogen) atoms. The fourth-order valence-corrected chi connectivity index (χ4v) is 4.29. The van der Waals surface area contributed by atoms with E-state index in [4.69, 9.17) is 5.73 Å². The minimum Gasteiger partial charge on any atom is -0.365 e. The van der Waals surface area contributed by atoms with Crippen molar-refractivity contribution in [3.05, 3.63) is 40.8 Å². The lowest BCUT2D eigenvalue weighted by Gasteiger charge is -2.39. The molecule has 0 spiro atoms. The first-order valence-electron chi connectivity index (χ1n) is 10.5. The number of halogens is 6. The molecule has 2 heterocycles. The molecule has 1 unspecified atom stereocenters. The molecule has 0 saturated heterocycles. The van der Waals surface area contributed by atoms with Crippen molar-refractivity contribution in [2.75, 3.05) is 6.54 Å². The second kappa shape index (κ2) is 8.20. The molecule has 0 radical (unpaired) electrons. The van der Waals surface area contributed by atoms with Gasteiger partial charge in [-0.25, -0.2) is 18.0 Å². The van der Waals surface area contributed by atoms with E-state index in [1.807, 2.05) is 0 Å². The number of hydrogen-bond acceptors (Lipinski definition) is 3. The zero-order valence-corrected chi connectivity index (χ0v) is 17.9. The van der Waals surface area contributed by atoms with E-state index in [2.05, 4.69) is 10.4 Å². The van der Waals surface area contributed by atoms with Crippen molar-refractivity contribution in [1.82, 2.24) is 20.0 Å². The largest absolute Gasteiger partial charge is 0.412 e. The van der Waals surface area contributed by atoms with Crippen LogP contribution in [0.3, 0.4) is 0 Å². The Morgan fingerprint density at radius 3 is 2.50 bits per heavy atom. The van der Waals surface area contributed by atoms with Gasteiger partial charge in [-0.2, -0.15) is 18.3 Å². The molecular formula is C21H21F6N5O2.